The summed E-state index contributed by atoms with van der Waals surface area (Å²) < 4.78 is 0.986. The Hall–Kier alpha value is -1.48. The zero-order valence-corrected chi connectivity index (χ0v) is 10.6. The lowest BCUT2D eigenvalue weighted by Gasteiger charge is -2.09. The molecule has 0 aliphatic heterocycles. The smallest absolute Gasteiger partial charge is 0.0618 e. The van der Waals surface area contributed by atoms with E-state index in [-0.39, 0.29) is 0 Å². The summed E-state index contributed by atoms with van der Waals surface area (Å²) >= 11 is 3.38. The molecule has 3 N–H and O–H groups in total. The van der Waals surface area contributed by atoms with Crippen LogP contribution in [0.2, 0.25) is 0 Å². The fourth-order valence-electron chi connectivity index (χ4n) is 1.44. The van der Waals surface area contributed by atoms with Crippen LogP contribution in [0.5, 0.6) is 0 Å². The van der Waals surface area contributed by atoms with E-state index in [1.54, 1.807) is 0 Å². The van der Waals surface area contributed by atoms with E-state index in [1.807, 2.05) is 30.3 Å². The fourth-order valence-corrected chi connectivity index (χ4v) is 1.82. The number of halogens is 1. The predicted molar refractivity (Wildman–Crippen MR) is 73.0 cm³/mol. The van der Waals surface area contributed by atoms with Crippen LogP contribution >= 0.6 is 15.9 Å². The van der Waals surface area contributed by atoms with Gasteiger partial charge in [0.25, 0.3) is 0 Å². The number of anilines is 3. The number of aryl methyl sites for hydroxylation is 1. The van der Waals surface area contributed by atoms with Crippen LogP contribution in [0.25, 0.3) is 0 Å². The molecule has 2 aromatic rings. The van der Waals surface area contributed by atoms with Gasteiger partial charge in [0.1, 0.15) is 0 Å². The van der Waals surface area contributed by atoms with E-state index < -0.39 is 0 Å². The lowest BCUT2D eigenvalue weighted by atomic mass is 10.2. The van der Waals surface area contributed by atoms with Gasteiger partial charge in [-0.3, -0.25) is 0 Å². The van der Waals surface area contributed by atoms with Crippen LogP contribution in [-0.4, -0.2) is 0 Å². The van der Waals surface area contributed by atoms with Crippen molar-refractivity contribution < 1.29 is 0 Å². The van der Waals surface area contributed by atoms with Crippen molar-refractivity contribution in [1.29, 1.82) is 0 Å². The third kappa shape index (κ3) is 2.55. The van der Waals surface area contributed by atoms with Crippen LogP contribution in [-0.2, 0) is 0 Å². The van der Waals surface area contributed by atoms with E-state index in [0.717, 1.165) is 21.5 Å². The van der Waals surface area contributed by atoms with Gasteiger partial charge in [0.2, 0.25) is 0 Å². The summed E-state index contributed by atoms with van der Waals surface area (Å²) in [6, 6.07) is 14.0. The number of benzene rings is 2. The second-order valence-electron chi connectivity index (χ2n) is 3.72. The molecule has 0 bridgehead atoms. The average Bonchev–Trinajstić information content (AvgIpc) is 2.25. The van der Waals surface area contributed by atoms with Gasteiger partial charge < -0.3 is 11.1 Å². The average molecular weight is 277 g/mol. The zero-order valence-electron chi connectivity index (χ0n) is 9.00. The number of hydrogen-bond acceptors (Lipinski definition) is 2. The monoisotopic (exact) mass is 276 g/mol. The van der Waals surface area contributed by atoms with E-state index in [9.17, 15) is 0 Å². The highest BCUT2D eigenvalue weighted by Gasteiger charge is 1.99. The third-order valence-corrected chi connectivity index (χ3v) is 2.84. The fraction of sp³-hybridized carbons (Fsp3) is 0.0769. The lowest BCUT2D eigenvalue weighted by molar-refractivity contribution is 1.45. The van der Waals surface area contributed by atoms with Crippen molar-refractivity contribution in [3.8, 4) is 0 Å². The Balaban J connectivity index is 2.23. The number of nitrogens with two attached hydrogens (primary N) is 1. The number of hydrogen-bond donors (Lipinski definition) is 2. The number of rotatable bonds is 2. The molecule has 0 saturated carbocycles. The molecule has 0 radical (unpaired) electrons. The Morgan fingerprint density at radius 3 is 2.38 bits per heavy atom. The van der Waals surface area contributed by atoms with Gasteiger partial charge in [0.15, 0.2) is 0 Å². The van der Waals surface area contributed by atoms with Crippen molar-refractivity contribution in [2.45, 2.75) is 6.92 Å². The molecule has 0 aliphatic carbocycles. The Labute approximate surface area is 104 Å². The van der Waals surface area contributed by atoms with Gasteiger partial charge in [-0.15, -0.1) is 0 Å². The first-order chi connectivity index (χ1) is 7.65. The van der Waals surface area contributed by atoms with Gasteiger partial charge >= 0.3 is 0 Å². The van der Waals surface area contributed by atoms with Crippen molar-refractivity contribution in [2.24, 2.45) is 0 Å². The summed E-state index contributed by atoms with van der Waals surface area (Å²) in [6.45, 7) is 2.07. The minimum Gasteiger partial charge on any atom is -0.397 e. The molecule has 0 fully saturated rings. The normalized spacial score (nSPS) is 10.1. The van der Waals surface area contributed by atoms with Crippen LogP contribution in [0.15, 0.2) is 46.9 Å². The Kier molecular flexibility index (Phi) is 3.15. The standard InChI is InChI=1S/C13H13BrN2/c1-9-2-5-11(6-3-9)16-13-7-4-10(14)8-12(13)15/h2-8,16H,15H2,1H3. The maximum absolute atomic E-state index is 5.91. The van der Waals surface area contributed by atoms with Crippen molar-refractivity contribution in [3.63, 3.8) is 0 Å². The van der Waals surface area contributed by atoms with Gasteiger partial charge in [-0.2, -0.15) is 0 Å². The van der Waals surface area contributed by atoms with Gasteiger partial charge in [-0.1, -0.05) is 33.6 Å². The molecule has 0 amide bonds. The highest BCUT2D eigenvalue weighted by atomic mass is 79.9. The van der Waals surface area contributed by atoms with E-state index in [2.05, 4.69) is 40.3 Å². The molecule has 2 nitrogen and oxygen atoms in total. The quantitative estimate of drug-likeness (QED) is 0.811. The molecule has 0 aromatic heterocycles. The molecule has 0 saturated heterocycles. The number of nitrogens with one attached hydrogen (secondary N) is 1. The molecule has 16 heavy (non-hydrogen) atoms. The maximum Gasteiger partial charge on any atom is 0.0618 e. The van der Waals surface area contributed by atoms with Crippen molar-refractivity contribution in [3.05, 3.63) is 52.5 Å². The van der Waals surface area contributed by atoms with Crippen LogP contribution in [0, 0.1) is 6.92 Å². The maximum atomic E-state index is 5.91. The first-order valence-electron chi connectivity index (χ1n) is 5.04. The van der Waals surface area contributed by atoms with Crippen LogP contribution < -0.4 is 11.1 Å². The van der Waals surface area contributed by atoms with Gasteiger partial charge in [-0.25, -0.2) is 0 Å². The molecule has 0 atom stereocenters. The molecule has 82 valence electrons. The Morgan fingerprint density at radius 1 is 1.06 bits per heavy atom. The first kappa shape index (κ1) is 11.0. The molecule has 2 aromatic carbocycles. The largest absolute Gasteiger partial charge is 0.397 e. The third-order valence-electron chi connectivity index (χ3n) is 2.34. The minimum atomic E-state index is 0.731. The Bertz CT molecular complexity index is 492. The number of nitrogen functional groups attached to an aromatic ring is 1. The summed E-state index contributed by atoms with van der Waals surface area (Å²) in [6.07, 6.45) is 0. The topological polar surface area (TPSA) is 38.0 Å². The van der Waals surface area contributed by atoms with Gasteiger partial charge in [-0.05, 0) is 37.3 Å². The zero-order chi connectivity index (χ0) is 11.5. The molecule has 0 unspecified atom stereocenters. The van der Waals surface area contributed by atoms with Crippen molar-refractivity contribution >= 4 is 33.0 Å². The molecule has 0 aliphatic rings. The minimum absolute atomic E-state index is 0.731. The van der Waals surface area contributed by atoms with E-state index in [0.29, 0.717) is 0 Å². The van der Waals surface area contributed by atoms with Crippen LogP contribution in [0.1, 0.15) is 5.56 Å². The van der Waals surface area contributed by atoms with Gasteiger partial charge in [0, 0.05) is 10.2 Å². The summed E-state index contributed by atoms with van der Waals surface area (Å²) in [5.74, 6) is 0. The van der Waals surface area contributed by atoms with E-state index in [4.69, 9.17) is 5.73 Å². The highest BCUT2D eigenvalue weighted by Crippen LogP contribution is 2.26. The molecule has 0 spiro atoms. The second-order valence-corrected chi connectivity index (χ2v) is 4.64. The summed E-state index contributed by atoms with van der Waals surface area (Å²) in [7, 11) is 0. The van der Waals surface area contributed by atoms with Crippen LogP contribution in [0.3, 0.4) is 0 Å². The van der Waals surface area contributed by atoms with Crippen LogP contribution in [0.4, 0.5) is 17.1 Å². The lowest BCUT2D eigenvalue weighted by Crippen LogP contribution is -1.95. The van der Waals surface area contributed by atoms with Gasteiger partial charge in [0.05, 0.1) is 11.4 Å². The SMILES string of the molecule is Cc1ccc(Nc2ccc(Br)cc2N)cc1. The van der Waals surface area contributed by atoms with Crippen molar-refractivity contribution in [1.82, 2.24) is 0 Å². The summed E-state index contributed by atoms with van der Waals surface area (Å²) in [4.78, 5) is 0. The molecular formula is C13H13BrN2. The first-order valence-corrected chi connectivity index (χ1v) is 5.83. The summed E-state index contributed by atoms with van der Waals surface area (Å²) in [5.41, 5.74) is 9.85. The molecular weight excluding hydrogens is 264 g/mol. The predicted octanol–water partition coefficient (Wildman–Crippen LogP) is 4.08. The molecule has 0 heterocycles. The second kappa shape index (κ2) is 4.58. The molecule has 3 heteroatoms. The highest BCUT2D eigenvalue weighted by molar-refractivity contribution is 9.10. The van der Waals surface area contributed by atoms with E-state index in [1.165, 1.54) is 5.56 Å². The Morgan fingerprint density at radius 2 is 1.75 bits per heavy atom. The van der Waals surface area contributed by atoms with E-state index >= 15 is 0 Å². The van der Waals surface area contributed by atoms with Crippen molar-refractivity contribution in [2.75, 3.05) is 11.1 Å². The summed E-state index contributed by atoms with van der Waals surface area (Å²) in [5, 5.41) is 3.28. The molecule has 2 rings (SSSR count).